The number of fused-ring (bicyclic) bond motifs is 1. The van der Waals surface area contributed by atoms with Crippen molar-refractivity contribution in [2.45, 2.75) is 155 Å². The quantitative estimate of drug-likeness (QED) is 0.0398. The van der Waals surface area contributed by atoms with Crippen LogP contribution in [-0.4, -0.2) is 52.9 Å². The van der Waals surface area contributed by atoms with Crippen molar-refractivity contribution in [2.24, 2.45) is 0 Å². The fourth-order valence-electron chi connectivity index (χ4n) is 13.3. The van der Waals surface area contributed by atoms with E-state index in [-0.39, 0.29) is 21.7 Å². The van der Waals surface area contributed by atoms with E-state index in [0.717, 1.165) is 33.8 Å². The molecule has 96 heavy (non-hydrogen) atoms. The Balaban J connectivity index is 0.727. The molecule has 10 aromatic carbocycles. The summed E-state index contributed by atoms with van der Waals surface area (Å²) in [5.74, 6) is 3.98. The Hall–Kier alpha value is -8.42. The average Bonchev–Trinajstić information content (AvgIpc) is 0.737. The first-order valence-electron chi connectivity index (χ1n) is 34.8. The van der Waals surface area contributed by atoms with Crippen LogP contribution in [0.2, 0.25) is 0 Å². The summed E-state index contributed by atoms with van der Waals surface area (Å²) in [5.41, 5.74) is 16.4. The molecular weight excluding hydrogens is 1180 g/mol. The van der Waals surface area contributed by atoms with Gasteiger partial charge in [0.1, 0.15) is 49.4 Å². The van der Waals surface area contributed by atoms with Crippen molar-refractivity contribution < 1.29 is 28.4 Å². The van der Waals surface area contributed by atoms with E-state index in [1.807, 2.05) is 24.3 Å². The second kappa shape index (κ2) is 29.9. The largest absolute Gasteiger partial charge is 0.491 e. The summed E-state index contributed by atoms with van der Waals surface area (Å²) in [6.45, 7) is 39.6. The first kappa shape index (κ1) is 70.4. The maximum Gasteiger partial charge on any atom is 0.127 e. The molecule has 500 valence electrons. The van der Waals surface area contributed by atoms with E-state index < -0.39 is 10.8 Å². The van der Waals surface area contributed by atoms with E-state index in [1.165, 1.54) is 77.9 Å². The fraction of sp³-hybridized carbons (Fsp3) is 0.356. The number of hydrogen-bond acceptors (Lipinski definition) is 6. The van der Waals surface area contributed by atoms with E-state index in [0.29, 0.717) is 64.7 Å². The molecule has 0 aliphatic rings. The molecule has 0 saturated carbocycles. The molecule has 0 radical (unpaired) electrons. The highest BCUT2D eigenvalue weighted by molar-refractivity contribution is 5.93. The zero-order valence-corrected chi connectivity index (χ0v) is 60.2. The van der Waals surface area contributed by atoms with Crippen molar-refractivity contribution >= 4 is 10.8 Å². The fourth-order valence-corrected chi connectivity index (χ4v) is 13.3. The second-order valence-electron chi connectivity index (χ2n) is 30.6. The van der Waals surface area contributed by atoms with Gasteiger partial charge in [0.25, 0.3) is 0 Å². The van der Waals surface area contributed by atoms with Gasteiger partial charge in [0.15, 0.2) is 0 Å². The van der Waals surface area contributed by atoms with Gasteiger partial charge in [0, 0.05) is 10.8 Å². The molecule has 0 amide bonds. The van der Waals surface area contributed by atoms with Crippen LogP contribution in [0.1, 0.15) is 201 Å². The summed E-state index contributed by atoms with van der Waals surface area (Å²) in [4.78, 5) is 0. The lowest BCUT2D eigenvalue weighted by molar-refractivity contribution is 0.0765. The van der Waals surface area contributed by atoms with Crippen LogP contribution in [0.5, 0.6) is 23.0 Å². The number of hydrogen-bond donors (Lipinski definition) is 0. The predicted molar refractivity (Wildman–Crippen MR) is 400 cm³/mol. The summed E-state index contributed by atoms with van der Waals surface area (Å²) < 4.78 is 37.5. The zero-order valence-electron chi connectivity index (χ0n) is 60.2. The highest BCUT2D eigenvalue weighted by Crippen LogP contribution is 2.49. The summed E-state index contributed by atoms with van der Waals surface area (Å²) in [5, 5.41) is 1.95. The topological polar surface area (TPSA) is 55.4 Å². The van der Waals surface area contributed by atoms with Crippen molar-refractivity contribution in [1.82, 2.24) is 0 Å². The molecule has 0 saturated heterocycles. The molecule has 0 bridgehead atoms. The molecule has 6 heteroatoms. The normalized spacial score (nSPS) is 12.6. The van der Waals surface area contributed by atoms with Crippen LogP contribution in [0.25, 0.3) is 10.8 Å². The highest BCUT2D eigenvalue weighted by atomic mass is 16.6. The summed E-state index contributed by atoms with van der Waals surface area (Å²) in [6.07, 6.45) is 0. The van der Waals surface area contributed by atoms with Crippen molar-refractivity contribution in [1.29, 1.82) is 0 Å². The van der Waals surface area contributed by atoms with E-state index in [2.05, 4.69) is 317 Å². The standard InChI is InChI=1S/C90H104O6/c1-63(2)65-23-27-71(28-24-65)89(73-39-31-67(32-40-73)85(5,6)7,74-41-33-68(34-42-74)86(8,9)10)77-47-51-79(52-48-77)93-59-55-91-57-61-95-83-21-17-20-82-81(83)19-18-22-84(82)96-62-58-92-56-60-94-80-53-49-78(50-54-80)90(72-29-25-66(26-30-72)64(3)4,75-43-35-69(36-44-75)87(11,12)13)76-45-37-70(38-46-76)88(14,15)16/h17-54,63-64H,55-62H2,1-16H3. The van der Waals surface area contributed by atoms with Crippen molar-refractivity contribution in [3.8, 4) is 23.0 Å². The molecule has 0 N–H and O–H groups in total. The van der Waals surface area contributed by atoms with Crippen LogP contribution in [-0.2, 0) is 42.0 Å². The lowest BCUT2D eigenvalue weighted by Gasteiger charge is -2.38. The van der Waals surface area contributed by atoms with Gasteiger partial charge in [-0.3, -0.25) is 0 Å². The number of ether oxygens (including phenoxy) is 6. The van der Waals surface area contributed by atoms with Gasteiger partial charge in [0.2, 0.25) is 0 Å². The Morgan fingerprint density at radius 2 is 0.438 bits per heavy atom. The molecule has 0 aliphatic carbocycles. The maximum absolute atomic E-state index is 6.33. The van der Waals surface area contributed by atoms with Crippen LogP contribution in [0.4, 0.5) is 0 Å². The van der Waals surface area contributed by atoms with E-state index in [4.69, 9.17) is 28.4 Å². The second-order valence-corrected chi connectivity index (χ2v) is 30.6. The summed E-state index contributed by atoms with van der Waals surface area (Å²) >= 11 is 0. The number of benzene rings is 10. The van der Waals surface area contributed by atoms with Gasteiger partial charge < -0.3 is 28.4 Å². The monoisotopic (exact) mass is 1280 g/mol. The molecule has 6 nitrogen and oxygen atoms in total. The molecule has 0 spiro atoms. The van der Waals surface area contributed by atoms with E-state index >= 15 is 0 Å². The minimum atomic E-state index is -0.590. The first-order chi connectivity index (χ1) is 45.8. The van der Waals surface area contributed by atoms with Crippen molar-refractivity contribution in [3.05, 3.63) is 308 Å². The summed E-state index contributed by atoms with van der Waals surface area (Å²) in [7, 11) is 0. The molecule has 0 atom stereocenters. The predicted octanol–water partition coefficient (Wildman–Crippen LogP) is 22.0. The molecule has 0 heterocycles. The Bertz CT molecular complexity index is 3690. The molecule has 0 fully saturated rings. The average molecular weight is 1280 g/mol. The molecular formula is C90H104O6. The summed E-state index contributed by atoms with van der Waals surface area (Å²) in [6, 6.07) is 85.1. The number of rotatable bonds is 26. The van der Waals surface area contributed by atoms with E-state index in [9.17, 15) is 0 Å². The van der Waals surface area contributed by atoms with Crippen molar-refractivity contribution in [2.75, 3.05) is 52.9 Å². The molecule has 10 aromatic rings. The van der Waals surface area contributed by atoms with Gasteiger partial charge in [-0.1, -0.05) is 305 Å². The van der Waals surface area contributed by atoms with Crippen LogP contribution >= 0.6 is 0 Å². The molecule has 0 aliphatic heterocycles. The van der Waals surface area contributed by atoms with Gasteiger partial charge in [-0.25, -0.2) is 0 Å². The molecule has 0 aromatic heterocycles. The van der Waals surface area contributed by atoms with Gasteiger partial charge >= 0.3 is 0 Å². The van der Waals surface area contributed by atoms with Gasteiger partial charge in [0.05, 0.1) is 37.3 Å². The van der Waals surface area contributed by atoms with Crippen LogP contribution in [0.15, 0.2) is 231 Å². The first-order valence-corrected chi connectivity index (χ1v) is 34.8. The maximum atomic E-state index is 6.33. The van der Waals surface area contributed by atoms with Gasteiger partial charge in [-0.15, -0.1) is 0 Å². The third-order valence-electron chi connectivity index (χ3n) is 19.1. The minimum Gasteiger partial charge on any atom is -0.491 e. The Morgan fingerprint density at radius 1 is 0.229 bits per heavy atom. The lowest BCUT2D eigenvalue weighted by atomic mass is 9.64. The van der Waals surface area contributed by atoms with Gasteiger partial charge in [-0.05, 0) is 148 Å². The van der Waals surface area contributed by atoms with Crippen LogP contribution in [0, 0.1) is 0 Å². The molecule has 10 rings (SSSR count). The SMILES string of the molecule is CC(C)c1ccc(C(c2ccc(OCCOCCOc3cccc4c(OCCOCCOc5ccc(C(c6ccc(C(C)C)cc6)(c6ccc(C(C)(C)C)cc6)c6ccc(C(C)(C)C)cc6)cc5)cccc34)cc2)(c2ccc(C(C)(C)C)cc2)c2ccc(C(C)(C)C)cc2)cc1. The smallest absolute Gasteiger partial charge is 0.127 e. The Labute approximate surface area is 575 Å². The van der Waals surface area contributed by atoms with E-state index in [1.54, 1.807) is 0 Å². The third-order valence-corrected chi connectivity index (χ3v) is 19.1. The minimum absolute atomic E-state index is 0.0273. The Morgan fingerprint density at radius 3 is 0.667 bits per heavy atom. The highest BCUT2D eigenvalue weighted by Gasteiger charge is 2.41. The molecule has 0 unspecified atom stereocenters. The Kier molecular flexibility index (Phi) is 21.9. The lowest BCUT2D eigenvalue weighted by Crippen LogP contribution is -2.31. The van der Waals surface area contributed by atoms with Crippen molar-refractivity contribution in [3.63, 3.8) is 0 Å². The third kappa shape index (κ3) is 16.0. The van der Waals surface area contributed by atoms with Crippen LogP contribution < -0.4 is 18.9 Å². The van der Waals surface area contributed by atoms with Crippen LogP contribution in [0.3, 0.4) is 0 Å². The zero-order chi connectivity index (χ0) is 68.5. The van der Waals surface area contributed by atoms with Gasteiger partial charge in [-0.2, -0.15) is 0 Å².